The third-order valence-electron chi connectivity index (χ3n) is 0.500. The lowest BCUT2D eigenvalue weighted by molar-refractivity contribution is -0.0717. The Hall–Kier alpha value is -1.19. The number of hydrogen-bond donors (Lipinski definition) is 1. The molecule has 0 aromatic carbocycles. The Morgan fingerprint density at radius 2 is 2.71 bits per heavy atom. The van der Waals surface area contributed by atoms with E-state index in [1.54, 1.807) is 0 Å². The van der Waals surface area contributed by atoms with Gasteiger partial charge in [-0.2, -0.15) is 5.21 Å². The zero-order valence-corrected chi connectivity index (χ0v) is 3.27. The fourth-order valence-corrected chi connectivity index (χ4v) is 0.219. The number of carbonyl (C=O) groups is 1. The van der Waals surface area contributed by atoms with Crippen LogP contribution in [0.2, 0.25) is 0 Å². The van der Waals surface area contributed by atoms with E-state index >= 15 is 0 Å². The minimum Gasteiger partial charge on any atom is -0.210 e. The van der Waals surface area contributed by atoms with Crippen molar-refractivity contribution in [2.24, 2.45) is 5.11 Å². The average molecular weight is 100 g/mol. The molecule has 0 fully saturated rings. The Labute approximate surface area is 38.6 Å². The van der Waals surface area contributed by atoms with Gasteiger partial charge in [0.2, 0.25) is 0 Å². The zero-order chi connectivity index (χ0) is 5.28. The molecule has 1 rings (SSSR count). The summed E-state index contributed by atoms with van der Waals surface area (Å²) in [5.74, 6) is 0. The largest absolute Gasteiger partial charge is 0.515 e. The Balaban J connectivity index is 2.79. The molecule has 5 nitrogen and oxygen atoms in total. The monoisotopic (exact) mass is 100 g/mol. The van der Waals surface area contributed by atoms with E-state index in [2.05, 4.69) is 9.90 Å². The second kappa shape index (κ2) is 1.14. The summed E-state index contributed by atoms with van der Waals surface area (Å²) in [5.41, 5.74) is 0. The van der Waals surface area contributed by atoms with Crippen LogP contribution < -0.4 is 0 Å². The van der Waals surface area contributed by atoms with Crippen molar-refractivity contribution in [3.05, 3.63) is 0 Å². The van der Waals surface area contributed by atoms with Crippen LogP contribution in [0.5, 0.6) is 0 Å². The fraction of sp³-hybridized carbons (Fsp3) is 0. The summed E-state index contributed by atoms with van der Waals surface area (Å²) in [6, 6.07) is -0.750. The highest BCUT2D eigenvalue weighted by atomic mass is 16.5. The van der Waals surface area contributed by atoms with Gasteiger partial charge in [0.05, 0.1) is 0 Å². The number of nitrogens with zero attached hydrogens (tertiary/aromatic N) is 3. The van der Waals surface area contributed by atoms with Gasteiger partial charge in [0, 0.05) is 0 Å². The first-order valence-corrected chi connectivity index (χ1v) is 1.57. The molecule has 2 amide bonds. The third kappa shape index (κ3) is 0.489. The first-order valence-electron chi connectivity index (χ1n) is 1.57. The van der Waals surface area contributed by atoms with Gasteiger partial charge in [-0.25, -0.2) is 4.79 Å². The first kappa shape index (κ1) is 3.98. The van der Waals surface area contributed by atoms with Gasteiger partial charge in [-0.3, -0.25) is 0 Å². The van der Waals surface area contributed by atoms with E-state index in [1.165, 1.54) is 0 Å². The summed E-state index contributed by atoms with van der Waals surface area (Å²) in [6.45, 7) is 0. The van der Waals surface area contributed by atoms with Crippen molar-refractivity contribution in [1.82, 2.24) is 5.06 Å². The third-order valence-corrected chi connectivity index (χ3v) is 0.500. The van der Waals surface area contributed by atoms with Gasteiger partial charge in [-0.1, -0.05) is 4.79 Å². The van der Waals surface area contributed by atoms with Crippen LogP contribution in [0.25, 0.3) is 0 Å². The second-order valence-electron chi connectivity index (χ2n) is 0.958. The highest BCUT2D eigenvalue weighted by Crippen LogP contribution is 1.84. The summed E-state index contributed by atoms with van der Waals surface area (Å²) in [4.78, 5) is 13.0. The van der Waals surface area contributed by atoms with Crippen LogP contribution in [0.15, 0.2) is 5.11 Å². The van der Waals surface area contributed by atoms with Crippen molar-refractivity contribution in [3.63, 3.8) is 0 Å². The van der Waals surface area contributed by atoms with Gasteiger partial charge in [0.1, 0.15) is 5.11 Å². The van der Waals surface area contributed by atoms with Crippen LogP contribution in [-0.2, 0) is 0 Å². The predicted octanol–water partition coefficient (Wildman–Crippen LogP) is -0.500. The smallest absolute Gasteiger partial charge is 0.210 e. The standard InChI is InChI=1S/C2H2N3O2/c6-2-4-3-1-5(2)7/h1,7H/q+1. The van der Waals surface area contributed by atoms with Crippen molar-refractivity contribution in [2.45, 2.75) is 0 Å². The number of urea groups is 1. The van der Waals surface area contributed by atoms with Gasteiger partial charge in [-0.15, -0.1) is 0 Å². The number of hydrogen-bond acceptors (Lipinski definition) is 2. The summed E-state index contributed by atoms with van der Waals surface area (Å²) >= 11 is 0. The molecule has 0 aliphatic carbocycles. The highest BCUT2D eigenvalue weighted by molar-refractivity contribution is 5.84. The van der Waals surface area contributed by atoms with E-state index in [0.29, 0.717) is 5.06 Å². The van der Waals surface area contributed by atoms with E-state index in [-0.39, 0.29) is 0 Å². The van der Waals surface area contributed by atoms with Crippen LogP contribution in [0, 0.1) is 0 Å². The lowest BCUT2D eigenvalue weighted by Crippen LogP contribution is -2.17. The summed E-state index contributed by atoms with van der Waals surface area (Å²) < 4.78 is 0. The van der Waals surface area contributed by atoms with Crippen molar-refractivity contribution < 1.29 is 14.8 Å². The number of carbonyl (C=O) groups excluding carboxylic acids is 1. The molecule has 1 N–H and O–H groups in total. The Kier molecular flexibility index (Phi) is 0.651. The number of amides is 2. The Morgan fingerprint density at radius 3 is 2.86 bits per heavy atom. The number of rotatable bonds is 0. The van der Waals surface area contributed by atoms with Gasteiger partial charge < -0.3 is 0 Å². The predicted molar refractivity (Wildman–Crippen MR) is 17.8 cm³/mol. The van der Waals surface area contributed by atoms with E-state index in [4.69, 9.17) is 5.21 Å². The molecule has 0 aromatic heterocycles. The molecule has 0 atom stereocenters. The molecule has 0 spiro atoms. The summed E-state index contributed by atoms with van der Waals surface area (Å²) in [6.07, 6.45) is 0.919. The minimum atomic E-state index is -0.750. The lowest BCUT2D eigenvalue weighted by Gasteiger charge is -1.79. The Morgan fingerprint density at radius 1 is 2.00 bits per heavy atom. The molecule has 0 saturated heterocycles. The van der Waals surface area contributed by atoms with Crippen LogP contribution in [0.3, 0.4) is 0 Å². The molecule has 1 aliphatic heterocycles. The molecule has 0 aromatic rings. The number of hydroxylamine groups is 2. The molecule has 0 unspecified atom stereocenters. The molecule has 5 heteroatoms. The quantitative estimate of drug-likeness (QED) is 0.329. The second-order valence-corrected chi connectivity index (χ2v) is 0.958. The summed E-state index contributed by atoms with van der Waals surface area (Å²) in [7, 11) is 0. The molecule has 0 radical (unpaired) electrons. The first-order chi connectivity index (χ1) is 3.30. The highest BCUT2D eigenvalue weighted by Gasteiger charge is 2.23. The maximum Gasteiger partial charge on any atom is 0.515 e. The topological polar surface area (TPSA) is 67.0 Å². The van der Waals surface area contributed by atoms with Crippen molar-refractivity contribution in [2.75, 3.05) is 0 Å². The van der Waals surface area contributed by atoms with Gasteiger partial charge in [-0.05, 0) is 5.06 Å². The molecule has 7 heavy (non-hydrogen) atoms. The molecular formula is C2H2N3O2+. The fourth-order valence-electron chi connectivity index (χ4n) is 0.219. The molecule has 0 saturated carbocycles. The van der Waals surface area contributed by atoms with E-state index in [0.717, 1.165) is 6.34 Å². The maximum atomic E-state index is 9.96. The maximum absolute atomic E-state index is 9.96. The SMILES string of the molecule is O=C1N=[N+]=CN1O. The van der Waals surface area contributed by atoms with Crippen molar-refractivity contribution >= 4 is 12.4 Å². The molecule has 1 aliphatic rings. The molecule has 36 valence electrons. The van der Waals surface area contributed by atoms with Crippen LogP contribution in [0.4, 0.5) is 4.79 Å². The van der Waals surface area contributed by atoms with Gasteiger partial charge in [0.15, 0.2) is 0 Å². The average Bonchev–Trinajstić information content (AvgIpc) is 1.91. The zero-order valence-electron chi connectivity index (χ0n) is 3.27. The van der Waals surface area contributed by atoms with Crippen molar-refractivity contribution in [3.8, 4) is 0 Å². The van der Waals surface area contributed by atoms with E-state index < -0.39 is 6.03 Å². The van der Waals surface area contributed by atoms with Crippen molar-refractivity contribution in [1.29, 1.82) is 0 Å². The van der Waals surface area contributed by atoms with Crippen LogP contribution >= 0.6 is 0 Å². The molecule has 0 bridgehead atoms. The van der Waals surface area contributed by atoms with E-state index in [1.807, 2.05) is 0 Å². The lowest BCUT2D eigenvalue weighted by atomic mass is 11.0. The van der Waals surface area contributed by atoms with Gasteiger partial charge >= 0.3 is 12.4 Å². The molecule has 1 heterocycles. The molecular weight excluding hydrogens is 98.0 g/mol. The van der Waals surface area contributed by atoms with Gasteiger partial charge in [0.25, 0.3) is 0 Å². The normalized spacial score (nSPS) is 16.7. The Bertz CT molecular complexity index is 156. The van der Waals surface area contributed by atoms with E-state index in [9.17, 15) is 4.79 Å². The minimum absolute atomic E-state index is 0.306. The van der Waals surface area contributed by atoms with Crippen LogP contribution in [0.1, 0.15) is 0 Å². The summed E-state index contributed by atoms with van der Waals surface area (Å²) in [5, 5.41) is 11.5. The van der Waals surface area contributed by atoms with Crippen LogP contribution in [-0.4, -0.2) is 27.4 Å².